The molecule has 2 amide bonds. The number of nitrogens with one attached hydrogen (secondary N) is 3. The summed E-state index contributed by atoms with van der Waals surface area (Å²) >= 11 is 0. The SMILES string of the molecule is NCCNC(=O)CCN(CCNCCCn1cccc1)CCC(=O)NCCN. The molecule has 0 aromatic carbocycles. The van der Waals surface area contributed by atoms with Crippen molar-refractivity contribution in [2.45, 2.75) is 25.8 Å². The topological polar surface area (TPSA) is 130 Å². The third-order valence-electron chi connectivity index (χ3n) is 4.28. The van der Waals surface area contributed by atoms with E-state index >= 15 is 0 Å². The van der Waals surface area contributed by atoms with Crippen LogP contribution in [0.15, 0.2) is 24.5 Å². The highest BCUT2D eigenvalue weighted by Crippen LogP contribution is 1.96. The largest absolute Gasteiger partial charge is 0.355 e. The fraction of sp³-hybridized carbons (Fsp3) is 0.684. The monoisotopic (exact) mass is 395 g/mol. The minimum atomic E-state index is -0.0114. The van der Waals surface area contributed by atoms with Gasteiger partial charge in [-0.2, -0.15) is 0 Å². The van der Waals surface area contributed by atoms with Crippen LogP contribution in [0.1, 0.15) is 19.3 Å². The molecule has 1 rings (SSSR count). The molecule has 0 saturated carbocycles. The third kappa shape index (κ3) is 12.4. The van der Waals surface area contributed by atoms with Gasteiger partial charge in [-0.25, -0.2) is 0 Å². The van der Waals surface area contributed by atoms with E-state index in [1.54, 1.807) is 0 Å². The fourth-order valence-corrected chi connectivity index (χ4v) is 2.72. The summed E-state index contributed by atoms with van der Waals surface area (Å²) in [6, 6.07) is 4.05. The van der Waals surface area contributed by atoms with Crippen molar-refractivity contribution in [1.82, 2.24) is 25.4 Å². The highest BCUT2D eigenvalue weighted by Gasteiger charge is 2.10. The Balaban J connectivity index is 2.25. The van der Waals surface area contributed by atoms with Crippen LogP contribution >= 0.6 is 0 Å². The lowest BCUT2D eigenvalue weighted by atomic mass is 10.3. The van der Waals surface area contributed by atoms with E-state index in [2.05, 4.69) is 37.8 Å². The summed E-state index contributed by atoms with van der Waals surface area (Å²) in [6.07, 6.45) is 5.98. The molecule has 0 radical (unpaired) electrons. The van der Waals surface area contributed by atoms with Crippen LogP contribution in [0.3, 0.4) is 0 Å². The summed E-state index contributed by atoms with van der Waals surface area (Å²) in [6.45, 7) is 6.61. The summed E-state index contributed by atoms with van der Waals surface area (Å²) in [5.74, 6) is -0.0227. The smallest absolute Gasteiger partial charge is 0.221 e. The number of carbonyl (C=O) groups excluding carboxylic acids is 2. The first-order chi connectivity index (χ1) is 13.7. The summed E-state index contributed by atoms with van der Waals surface area (Å²) in [7, 11) is 0. The average molecular weight is 396 g/mol. The summed E-state index contributed by atoms with van der Waals surface area (Å²) < 4.78 is 2.16. The molecule has 0 aliphatic heterocycles. The molecule has 0 atom stereocenters. The molecule has 1 heterocycles. The van der Waals surface area contributed by atoms with Crippen molar-refractivity contribution in [2.24, 2.45) is 11.5 Å². The Hall–Kier alpha value is -1.94. The average Bonchev–Trinajstić information content (AvgIpc) is 3.22. The lowest BCUT2D eigenvalue weighted by molar-refractivity contribution is -0.121. The summed E-state index contributed by atoms with van der Waals surface area (Å²) in [4.78, 5) is 25.8. The maximum absolute atomic E-state index is 11.8. The molecule has 0 unspecified atom stereocenters. The summed E-state index contributed by atoms with van der Waals surface area (Å²) in [5.41, 5.74) is 10.8. The van der Waals surface area contributed by atoms with Crippen LogP contribution in [0.4, 0.5) is 0 Å². The maximum atomic E-state index is 11.8. The zero-order valence-electron chi connectivity index (χ0n) is 16.9. The molecule has 0 fully saturated rings. The van der Waals surface area contributed by atoms with E-state index in [-0.39, 0.29) is 11.8 Å². The molecule has 28 heavy (non-hydrogen) atoms. The van der Waals surface area contributed by atoms with Gasteiger partial charge in [0.05, 0.1) is 0 Å². The van der Waals surface area contributed by atoms with E-state index in [9.17, 15) is 9.59 Å². The van der Waals surface area contributed by atoms with Crippen molar-refractivity contribution in [1.29, 1.82) is 0 Å². The van der Waals surface area contributed by atoms with Gasteiger partial charge in [-0.1, -0.05) is 0 Å². The van der Waals surface area contributed by atoms with Gasteiger partial charge < -0.3 is 36.9 Å². The second-order valence-corrected chi connectivity index (χ2v) is 6.64. The van der Waals surface area contributed by atoms with Crippen molar-refractivity contribution < 1.29 is 9.59 Å². The number of rotatable bonds is 17. The van der Waals surface area contributed by atoms with E-state index < -0.39 is 0 Å². The Labute approximate surface area is 168 Å². The van der Waals surface area contributed by atoms with Crippen molar-refractivity contribution in [3.05, 3.63) is 24.5 Å². The second-order valence-electron chi connectivity index (χ2n) is 6.64. The van der Waals surface area contributed by atoms with Gasteiger partial charge in [-0.05, 0) is 25.1 Å². The zero-order valence-corrected chi connectivity index (χ0v) is 16.9. The molecule has 0 spiro atoms. The van der Waals surface area contributed by atoms with E-state index in [4.69, 9.17) is 11.5 Å². The standard InChI is InChI=1S/C19H37N7O2/c20-6-9-23-18(27)4-15-26(16-5-19(28)24-10-7-21)17-11-22-8-3-14-25-12-1-2-13-25/h1-2,12-13,22H,3-11,14-17,20-21H2,(H,23,27)(H,24,28). The molecule has 0 bridgehead atoms. The zero-order chi connectivity index (χ0) is 20.5. The fourth-order valence-electron chi connectivity index (χ4n) is 2.72. The predicted molar refractivity (Wildman–Crippen MR) is 112 cm³/mol. The lowest BCUT2D eigenvalue weighted by Gasteiger charge is -2.22. The predicted octanol–water partition coefficient (Wildman–Crippen LogP) is -1.30. The number of hydrogen-bond donors (Lipinski definition) is 5. The molecule has 9 heteroatoms. The van der Waals surface area contributed by atoms with Crippen molar-refractivity contribution >= 4 is 11.8 Å². The molecule has 0 aliphatic rings. The Morgan fingerprint density at radius 1 is 0.821 bits per heavy atom. The number of carbonyl (C=O) groups is 2. The number of nitrogens with zero attached hydrogens (tertiary/aromatic N) is 2. The normalized spacial score (nSPS) is 11.0. The number of aromatic nitrogens is 1. The van der Waals surface area contributed by atoms with Crippen molar-refractivity contribution in [3.8, 4) is 0 Å². The Kier molecular flexibility index (Phi) is 13.8. The quantitative estimate of drug-likeness (QED) is 0.208. The Morgan fingerprint density at radius 3 is 1.93 bits per heavy atom. The second kappa shape index (κ2) is 16.1. The van der Waals surface area contributed by atoms with Crippen molar-refractivity contribution in [3.63, 3.8) is 0 Å². The van der Waals surface area contributed by atoms with Crippen LogP contribution < -0.4 is 27.4 Å². The van der Waals surface area contributed by atoms with Crippen LogP contribution in [-0.4, -0.2) is 80.2 Å². The first-order valence-electron chi connectivity index (χ1n) is 10.1. The molecule has 1 aromatic heterocycles. The molecule has 0 aliphatic carbocycles. The van der Waals surface area contributed by atoms with E-state index in [1.165, 1.54) is 0 Å². The maximum Gasteiger partial charge on any atom is 0.221 e. The molecular weight excluding hydrogens is 358 g/mol. The van der Waals surface area contributed by atoms with E-state index in [0.29, 0.717) is 52.1 Å². The van der Waals surface area contributed by atoms with Gasteiger partial charge in [0.15, 0.2) is 0 Å². The van der Waals surface area contributed by atoms with Crippen molar-refractivity contribution in [2.75, 3.05) is 58.9 Å². The third-order valence-corrected chi connectivity index (χ3v) is 4.28. The number of nitrogens with two attached hydrogens (primary N) is 2. The van der Waals surface area contributed by atoms with Crippen LogP contribution in [0.2, 0.25) is 0 Å². The molecule has 0 saturated heterocycles. The molecule has 9 nitrogen and oxygen atoms in total. The minimum absolute atomic E-state index is 0.0114. The lowest BCUT2D eigenvalue weighted by Crippen LogP contribution is -2.39. The van der Waals surface area contributed by atoms with Gasteiger partial charge in [0, 0.05) is 84.1 Å². The minimum Gasteiger partial charge on any atom is -0.355 e. The number of hydrogen-bond acceptors (Lipinski definition) is 6. The van der Waals surface area contributed by atoms with Gasteiger partial charge in [0.1, 0.15) is 0 Å². The highest BCUT2D eigenvalue weighted by molar-refractivity contribution is 5.76. The molecule has 160 valence electrons. The summed E-state index contributed by atoms with van der Waals surface area (Å²) in [5, 5.41) is 8.99. The molecule has 1 aromatic rings. The van der Waals surface area contributed by atoms with Crippen LogP contribution in [0.5, 0.6) is 0 Å². The molecule has 7 N–H and O–H groups in total. The van der Waals surface area contributed by atoms with E-state index in [0.717, 1.165) is 32.6 Å². The van der Waals surface area contributed by atoms with Gasteiger partial charge in [0.2, 0.25) is 11.8 Å². The van der Waals surface area contributed by atoms with Crippen LogP contribution in [-0.2, 0) is 16.1 Å². The first-order valence-corrected chi connectivity index (χ1v) is 10.1. The Bertz CT molecular complexity index is 498. The van der Waals surface area contributed by atoms with Gasteiger partial charge in [-0.3, -0.25) is 9.59 Å². The Morgan fingerprint density at radius 2 is 1.39 bits per heavy atom. The van der Waals surface area contributed by atoms with Gasteiger partial charge >= 0.3 is 0 Å². The van der Waals surface area contributed by atoms with Crippen LogP contribution in [0.25, 0.3) is 0 Å². The van der Waals surface area contributed by atoms with E-state index in [1.807, 2.05) is 12.1 Å². The highest BCUT2D eigenvalue weighted by atomic mass is 16.2. The number of aryl methyl sites for hydroxylation is 1. The number of amides is 2. The van der Waals surface area contributed by atoms with Crippen LogP contribution in [0, 0.1) is 0 Å². The van der Waals surface area contributed by atoms with Gasteiger partial charge in [0.25, 0.3) is 0 Å². The van der Waals surface area contributed by atoms with Gasteiger partial charge in [-0.15, -0.1) is 0 Å². The first kappa shape index (κ1) is 24.1. The molecular formula is C19H37N7O2.